The molecule has 0 amide bonds. The molecule has 0 saturated carbocycles. The van der Waals surface area contributed by atoms with Crippen molar-refractivity contribution >= 4 is 0 Å². The summed E-state index contributed by atoms with van der Waals surface area (Å²) in [5, 5.41) is 0. The van der Waals surface area contributed by atoms with Crippen molar-refractivity contribution in [2.45, 2.75) is 13.0 Å². The van der Waals surface area contributed by atoms with Crippen LogP contribution in [0, 0.1) is 0 Å². The average molecular weight is 239 g/mol. The van der Waals surface area contributed by atoms with Crippen molar-refractivity contribution < 1.29 is 14.2 Å². The van der Waals surface area contributed by atoms with Gasteiger partial charge in [-0.15, -0.1) is 0 Å². The molecule has 0 aromatic heterocycles. The molecule has 0 aliphatic heterocycles. The largest absolute Gasteiger partial charge is 0.491 e. The fourth-order valence-corrected chi connectivity index (χ4v) is 1.35. The average Bonchev–Trinajstić information content (AvgIpc) is 2.34. The van der Waals surface area contributed by atoms with E-state index in [9.17, 15) is 0 Å². The fraction of sp³-hybridized carbons (Fsp3) is 0.538. The van der Waals surface area contributed by atoms with Crippen LogP contribution in [0.15, 0.2) is 24.3 Å². The summed E-state index contributed by atoms with van der Waals surface area (Å²) in [7, 11) is 1.65. The Morgan fingerprint density at radius 3 is 2.65 bits per heavy atom. The van der Waals surface area contributed by atoms with Crippen LogP contribution in [0.3, 0.4) is 0 Å². The maximum atomic E-state index is 5.80. The molecule has 0 spiro atoms. The van der Waals surface area contributed by atoms with E-state index in [1.165, 1.54) is 0 Å². The van der Waals surface area contributed by atoms with E-state index in [-0.39, 0.29) is 6.04 Å². The van der Waals surface area contributed by atoms with E-state index in [1.54, 1.807) is 7.11 Å². The number of methoxy groups -OCH3 is 1. The Morgan fingerprint density at radius 2 is 1.94 bits per heavy atom. The van der Waals surface area contributed by atoms with E-state index in [4.69, 9.17) is 19.9 Å². The summed E-state index contributed by atoms with van der Waals surface area (Å²) in [6.07, 6.45) is 0. The van der Waals surface area contributed by atoms with Gasteiger partial charge in [0, 0.05) is 13.2 Å². The van der Waals surface area contributed by atoms with Gasteiger partial charge >= 0.3 is 0 Å². The van der Waals surface area contributed by atoms with E-state index in [0.29, 0.717) is 26.4 Å². The van der Waals surface area contributed by atoms with Crippen LogP contribution < -0.4 is 10.5 Å². The highest BCUT2D eigenvalue weighted by Crippen LogP contribution is 2.17. The highest BCUT2D eigenvalue weighted by Gasteiger charge is 2.00. The quantitative estimate of drug-likeness (QED) is 0.702. The summed E-state index contributed by atoms with van der Waals surface area (Å²) >= 11 is 0. The minimum atomic E-state index is 0.0245. The predicted octanol–water partition coefficient (Wildman–Crippen LogP) is 1.75. The van der Waals surface area contributed by atoms with Crippen LogP contribution in [0.25, 0.3) is 0 Å². The summed E-state index contributed by atoms with van der Waals surface area (Å²) in [4.78, 5) is 0. The first kappa shape index (κ1) is 14.0. The van der Waals surface area contributed by atoms with Crippen molar-refractivity contribution in [3.8, 4) is 5.75 Å². The van der Waals surface area contributed by atoms with Gasteiger partial charge in [0.2, 0.25) is 0 Å². The molecule has 1 aromatic rings. The number of hydrogen-bond acceptors (Lipinski definition) is 4. The van der Waals surface area contributed by atoms with Gasteiger partial charge in [-0.2, -0.15) is 0 Å². The van der Waals surface area contributed by atoms with E-state index < -0.39 is 0 Å². The molecule has 0 heterocycles. The molecule has 0 saturated heterocycles. The van der Waals surface area contributed by atoms with Crippen molar-refractivity contribution in [2.24, 2.45) is 5.73 Å². The van der Waals surface area contributed by atoms with Crippen LogP contribution >= 0.6 is 0 Å². The lowest BCUT2D eigenvalue weighted by molar-refractivity contribution is 0.0544. The molecule has 1 aromatic carbocycles. The van der Waals surface area contributed by atoms with Crippen LogP contribution in [-0.2, 0) is 9.47 Å². The van der Waals surface area contributed by atoms with Crippen LogP contribution in [0.2, 0.25) is 0 Å². The molecule has 0 aliphatic carbocycles. The Morgan fingerprint density at radius 1 is 1.18 bits per heavy atom. The number of benzene rings is 1. The molecule has 0 bridgehead atoms. The molecule has 0 unspecified atom stereocenters. The number of nitrogens with two attached hydrogens (primary N) is 1. The predicted molar refractivity (Wildman–Crippen MR) is 67.2 cm³/mol. The lowest BCUT2D eigenvalue weighted by atomic mass is 10.1. The molecule has 0 aliphatic rings. The molecular formula is C13H21NO3. The van der Waals surface area contributed by atoms with Crippen LogP contribution in [0.4, 0.5) is 0 Å². The van der Waals surface area contributed by atoms with Gasteiger partial charge in [0.25, 0.3) is 0 Å². The van der Waals surface area contributed by atoms with E-state index in [2.05, 4.69) is 0 Å². The van der Waals surface area contributed by atoms with Gasteiger partial charge in [-0.3, -0.25) is 0 Å². The number of ether oxygens (including phenoxy) is 3. The molecule has 1 rings (SSSR count). The third kappa shape index (κ3) is 5.68. The highest BCUT2D eigenvalue weighted by atomic mass is 16.5. The zero-order chi connectivity index (χ0) is 12.5. The van der Waals surface area contributed by atoms with Crippen molar-refractivity contribution in [2.75, 3.05) is 33.5 Å². The molecule has 2 N–H and O–H groups in total. The Balaban J connectivity index is 2.24. The maximum absolute atomic E-state index is 5.80. The molecule has 96 valence electrons. The van der Waals surface area contributed by atoms with E-state index in [1.807, 2.05) is 31.2 Å². The van der Waals surface area contributed by atoms with Crippen molar-refractivity contribution in [3.63, 3.8) is 0 Å². The Kier molecular flexibility index (Phi) is 6.62. The number of hydrogen-bond donors (Lipinski definition) is 1. The second kappa shape index (κ2) is 8.06. The second-order valence-electron chi connectivity index (χ2n) is 3.81. The zero-order valence-corrected chi connectivity index (χ0v) is 10.5. The van der Waals surface area contributed by atoms with Gasteiger partial charge in [-0.05, 0) is 24.6 Å². The molecule has 0 radical (unpaired) electrons. The van der Waals surface area contributed by atoms with Crippen molar-refractivity contribution in [1.29, 1.82) is 0 Å². The summed E-state index contributed by atoms with van der Waals surface area (Å²) in [6, 6.07) is 7.84. The molecule has 17 heavy (non-hydrogen) atoms. The Labute approximate surface area is 103 Å². The van der Waals surface area contributed by atoms with Gasteiger partial charge in [-0.25, -0.2) is 0 Å². The fourth-order valence-electron chi connectivity index (χ4n) is 1.35. The lowest BCUT2D eigenvalue weighted by Gasteiger charge is -2.10. The topological polar surface area (TPSA) is 53.7 Å². The standard InChI is InChI=1S/C13H21NO3/c1-11(14)12-4-3-5-13(10-12)17-9-8-16-7-6-15-2/h3-5,10-11H,6-9,14H2,1-2H3/t11-/m0/s1. The monoisotopic (exact) mass is 239 g/mol. The lowest BCUT2D eigenvalue weighted by Crippen LogP contribution is -2.10. The Hall–Kier alpha value is -1.10. The first-order valence-electron chi connectivity index (χ1n) is 5.79. The van der Waals surface area contributed by atoms with Gasteiger partial charge in [0.05, 0.1) is 19.8 Å². The minimum absolute atomic E-state index is 0.0245. The van der Waals surface area contributed by atoms with E-state index >= 15 is 0 Å². The summed E-state index contributed by atoms with van der Waals surface area (Å²) < 4.78 is 15.7. The van der Waals surface area contributed by atoms with Crippen LogP contribution in [-0.4, -0.2) is 33.5 Å². The Bertz CT molecular complexity index is 315. The molecule has 1 atom stereocenters. The highest BCUT2D eigenvalue weighted by molar-refractivity contribution is 5.30. The first-order chi connectivity index (χ1) is 8.24. The van der Waals surface area contributed by atoms with Crippen molar-refractivity contribution in [1.82, 2.24) is 0 Å². The smallest absolute Gasteiger partial charge is 0.119 e. The summed E-state index contributed by atoms with van der Waals surface area (Å²) in [5.41, 5.74) is 6.87. The zero-order valence-electron chi connectivity index (χ0n) is 10.5. The number of rotatable bonds is 8. The summed E-state index contributed by atoms with van der Waals surface area (Å²) in [6.45, 7) is 4.25. The maximum Gasteiger partial charge on any atom is 0.119 e. The van der Waals surface area contributed by atoms with Gasteiger partial charge < -0.3 is 19.9 Å². The van der Waals surface area contributed by atoms with Gasteiger partial charge in [-0.1, -0.05) is 12.1 Å². The second-order valence-corrected chi connectivity index (χ2v) is 3.81. The van der Waals surface area contributed by atoms with Crippen molar-refractivity contribution in [3.05, 3.63) is 29.8 Å². The molecular weight excluding hydrogens is 218 g/mol. The summed E-state index contributed by atoms with van der Waals surface area (Å²) in [5.74, 6) is 0.829. The normalized spacial score (nSPS) is 12.4. The van der Waals surface area contributed by atoms with E-state index in [0.717, 1.165) is 11.3 Å². The molecule has 0 fully saturated rings. The SMILES string of the molecule is COCCOCCOc1cccc([C@H](C)N)c1. The molecule has 4 nitrogen and oxygen atoms in total. The van der Waals surface area contributed by atoms with Crippen LogP contribution in [0.1, 0.15) is 18.5 Å². The van der Waals surface area contributed by atoms with Gasteiger partial charge in [0.1, 0.15) is 12.4 Å². The third-order valence-electron chi connectivity index (χ3n) is 2.31. The third-order valence-corrected chi connectivity index (χ3v) is 2.31. The van der Waals surface area contributed by atoms with Crippen LogP contribution in [0.5, 0.6) is 5.75 Å². The first-order valence-corrected chi connectivity index (χ1v) is 5.79. The minimum Gasteiger partial charge on any atom is -0.491 e. The van der Waals surface area contributed by atoms with Gasteiger partial charge in [0.15, 0.2) is 0 Å². The molecule has 4 heteroatoms.